The second kappa shape index (κ2) is 5.23. The molecule has 1 aliphatic rings. The Kier molecular flexibility index (Phi) is 3.67. The highest BCUT2D eigenvalue weighted by atomic mass is 35.5. The van der Waals surface area contributed by atoms with Crippen molar-refractivity contribution in [1.29, 1.82) is 0 Å². The van der Waals surface area contributed by atoms with Crippen LogP contribution in [-0.2, 0) is 9.59 Å². The molecular formula is C13H12ClNO3. The molecule has 1 aromatic rings. The van der Waals surface area contributed by atoms with E-state index in [-0.39, 0.29) is 25.0 Å². The third kappa shape index (κ3) is 2.71. The lowest BCUT2D eigenvalue weighted by Gasteiger charge is -2.15. The summed E-state index contributed by atoms with van der Waals surface area (Å²) in [5.41, 5.74) is 0.916. The maximum absolute atomic E-state index is 11.3. The van der Waals surface area contributed by atoms with E-state index in [1.807, 2.05) is 6.92 Å². The van der Waals surface area contributed by atoms with Crippen LogP contribution < -0.4 is 4.74 Å². The van der Waals surface area contributed by atoms with Gasteiger partial charge in [0.2, 0.25) is 0 Å². The molecule has 18 heavy (non-hydrogen) atoms. The molecule has 0 saturated heterocycles. The van der Waals surface area contributed by atoms with Gasteiger partial charge in [-0.15, -0.1) is 0 Å². The smallest absolute Gasteiger partial charge is 0.253 e. The monoisotopic (exact) mass is 265 g/mol. The predicted molar refractivity (Wildman–Crippen MR) is 67.5 cm³/mol. The lowest BCUT2D eigenvalue weighted by Crippen LogP contribution is -2.33. The van der Waals surface area contributed by atoms with Crippen LogP contribution in [0.15, 0.2) is 30.4 Å². The number of nitrogens with zero attached hydrogens (tertiary/aromatic N) is 1. The van der Waals surface area contributed by atoms with Crippen molar-refractivity contribution in [2.45, 2.75) is 6.92 Å². The van der Waals surface area contributed by atoms with Crippen molar-refractivity contribution >= 4 is 23.4 Å². The van der Waals surface area contributed by atoms with Gasteiger partial charge in [0.05, 0.1) is 6.54 Å². The molecule has 4 nitrogen and oxygen atoms in total. The number of amides is 2. The van der Waals surface area contributed by atoms with Crippen LogP contribution in [0.1, 0.15) is 5.56 Å². The van der Waals surface area contributed by atoms with E-state index in [4.69, 9.17) is 16.3 Å². The first-order valence-corrected chi connectivity index (χ1v) is 5.88. The van der Waals surface area contributed by atoms with Gasteiger partial charge in [0, 0.05) is 17.2 Å². The molecule has 1 aromatic carbocycles. The van der Waals surface area contributed by atoms with Crippen molar-refractivity contribution < 1.29 is 14.3 Å². The van der Waals surface area contributed by atoms with Gasteiger partial charge in [-0.05, 0) is 30.7 Å². The Morgan fingerprint density at radius 3 is 2.50 bits per heavy atom. The van der Waals surface area contributed by atoms with Crippen LogP contribution in [-0.4, -0.2) is 29.9 Å². The summed E-state index contributed by atoms with van der Waals surface area (Å²) < 4.78 is 5.52. The lowest BCUT2D eigenvalue weighted by atomic mass is 10.2. The van der Waals surface area contributed by atoms with Crippen molar-refractivity contribution in [3.05, 3.63) is 40.9 Å². The van der Waals surface area contributed by atoms with Gasteiger partial charge in [0.25, 0.3) is 11.8 Å². The highest BCUT2D eigenvalue weighted by Crippen LogP contribution is 2.21. The van der Waals surface area contributed by atoms with E-state index in [2.05, 4.69) is 0 Å². The molecule has 2 amide bonds. The average molecular weight is 266 g/mol. The van der Waals surface area contributed by atoms with E-state index >= 15 is 0 Å². The molecular weight excluding hydrogens is 254 g/mol. The third-order valence-corrected chi connectivity index (χ3v) is 2.85. The highest BCUT2D eigenvalue weighted by Gasteiger charge is 2.22. The number of ether oxygens (including phenoxy) is 1. The molecule has 5 heteroatoms. The van der Waals surface area contributed by atoms with E-state index in [1.54, 1.807) is 18.2 Å². The molecule has 0 aliphatic carbocycles. The maximum atomic E-state index is 11.3. The Hall–Kier alpha value is -1.81. The summed E-state index contributed by atoms with van der Waals surface area (Å²) in [5, 5.41) is 0.647. The van der Waals surface area contributed by atoms with Crippen LogP contribution in [0.3, 0.4) is 0 Å². The van der Waals surface area contributed by atoms with Crippen LogP contribution >= 0.6 is 11.6 Å². The molecule has 0 N–H and O–H groups in total. The number of rotatable bonds is 4. The van der Waals surface area contributed by atoms with E-state index in [0.29, 0.717) is 10.8 Å². The largest absolute Gasteiger partial charge is 0.491 e. The Morgan fingerprint density at radius 2 is 1.89 bits per heavy atom. The van der Waals surface area contributed by atoms with Crippen molar-refractivity contribution in [2.75, 3.05) is 13.2 Å². The molecule has 0 unspecified atom stereocenters. The summed E-state index contributed by atoms with van der Waals surface area (Å²) in [6.45, 7) is 2.39. The Morgan fingerprint density at radius 1 is 1.22 bits per heavy atom. The van der Waals surface area contributed by atoms with Crippen LogP contribution in [0.4, 0.5) is 0 Å². The van der Waals surface area contributed by atoms with E-state index in [1.165, 1.54) is 12.2 Å². The summed E-state index contributed by atoms with van der Waals surface area (Å²) in [6.07, 6.45) is 2.52. The summed E-state index contributed by atoms with van der Waals surface area (Å²) in [5.74, 6) is 0.110. The predicted octanol–water partition coefficient (Wildman–Crippen LogP) is 1.95. The molecule has 1 heterocycles. The summed E-state index contributed by atoms with van der Waals surface area (Å²) >= 11 is 5.83. The average Bonchev–Trinajstić information content (AvgIpc) is 2.63. The van der Waals surface area contributed by atoms with Crippen molar-refractivity contribution in [2.24, 2.45) is 0 Å². The number of carbonyl (C=O) groups excluding carboxylic acids is 2. The third-order valence-electron chi connectivity index (χ3n) is 2.61. The summed E-state index contributed by atoms with van der Waals surface area (Å²) in [7, 11) is 0. The fourth-order valence-electron chi connectivity index (χ4n) is 1.67. The van der Waals surface area contributed by atoms with Gasteiger partial charge in [-0.25, -0.2) is 0 Å². The molecule has 0 fully saturated rings. The van der Waals surface area contributed by atoms with Crippen molar-refractivity contribution in [1.82, 2.24) is 4.90 Å². The standard InChI is InChI=1S/C13H12ClNO3/c1-9-8-10(14)2-3-11(9)18-7-6-15-12(16)4-5-13(15)17/h2-5,8H,6-7H2,1H3. The van der Waals surface area contributed by atoms with E-state index in [0.717, 1.165) is 10.5 Å². The number of hydrogen-bond acceptors (Lipinski definition) is 3. The van der Waals surface area contributed by atoms with E-state index in [9.17, 15) is 9.59 Å². The molecule has 0 atom stereocenters. The van der Waals surface area contributed by atoms with Crippen LogP contribution in [0.25, 0.3) is 0 Å². The zero-order chi connectivity index (χ0) is 13.1. The SMILES string of the molecule is Cc1cc(Cl)ccc1OCCN1C(=O)C=CC1=O. The van der Waals surface area contributed by atoms with Gasteiger partial charge in [-0.1, -0.05) is 11.6 Å². The van der Waals surface area contributed by atoms with Gasteiger partial charge in [0.1, 0.15) is 12.4 Å². The number of aryl methyl sites for hydroxylation is 1. The first kappa shape index (κ1) is 12.6. The normalized spacial score (nSPS) is 14.4. The van der Waals surface area contributed by atoms with Gasteiger partial charge >= 0.3 is 0 Å². The molecule has 0 radical (unpaired) electrons. The number of benzene rings is 1. The summed E-state index contributed by atoms with van der Waals surface area (Å²) in [6, 6.07) is 5.30. The lowest BCUT2D eigenvalue weighted by molar-refractivity contribution is -0.137. The molecule has 0 bridgehead atoms. The topological polar surface area (TPSA) is 46.6 Å². The fourth-order valence-corrected chi connectivity index (χ4v) is 1.90. The fraction of sp³-hybridized carbons (Fsp3) is 0.231. The number of carbonyl (C=O) groups is 2. The second-order valence-electron chi connectivity index (χ2n) is 3.92. The molecule has 94 valence electrons. The minimum absolute atomic E-state index is 0.243. The quantitative estimate of drug-likeness (QED) is 0.782. The van der Waals surface area contributed by atoms with Gasteiger partial charge in [-0.3, -0.25) is 14.5 Å². The molecule has 2 rings (SSSR count). The first-order valence-electron chi connectivity index (χ1n) is 5.50. The Bertz CT molecular complexity index is 507. The zero-order valence-corrected chi connectivity index (χ0v) is 10.6. The zero-order valence-electron chi connectivity index (χ0n) is 9.85. The number of hydrogen-bond donors (Lipinski definition) is 0. The van der Waals surface area contributed by atoms with Gasteiger partial charge < -0.3 is 4.74 Å². The van der Waals surface area contributed by atoms with Crippen molar-refractivity contribution in [3.63, 3.8) is 0 Å². The van der Waals surface area contributed by atoms with Gasteiger partial charge in [-0.2, -0.15) is 0 Å². The van der Waals surface area contributed by atoms with E-state index < -0.39 is 0 Å². The minimum Gasteiger partial charge on any atom is -0.491 e. The maximum Gasteiger partial charge on any atom is 0.253 e. The van der Waals surface area contributed by atoms with Crippen molar-refractivity contribution in [3.8, 4) is 5.75 Å². The van der Waals surface area contributed by atoms with Crippen LogP contribution in [0.5, 0.6) is 5.75 Å². The highest BCUT2D eigenvalue weighted by molar-refractivity contribution is 6.30. The number of halogens is 1. The summed E-state index contributed by atoms with van der Waals surface area (Å²) in [4.78, 5) is 23.7. The van der Waals surface area contributed by atoms with Crippen LogP contribution in [0, 0.1) is 6.92 Å². The number of imide groups is 1. The van der Waals surface area contributed by atoms with Crippen LogP contribution in [0.2, 0.25) is 5.02 Å². The molecule has 0 aromatic heterocycles. The Balaban J connectivity index is 1.89. The first-order chi connectivity index (χ1) is 8.58. The second-order valence-corrected chi connectivity index (χ2v) is 4.36. The molecule has 0 saturated carbocycles. The molecule has 0 spiro atoms. The minimum atomic E-state index is -0.295. The van der Waals surface area contributed by atoms with Gasteiger partial charge in [0.15, 0.2) is 0 Å². The molecule has 1 aliphatic heterocycles. The Labute approximate surface area is 110 Å².